The minimum atomic E-state index is -1.14. The Bertz CT molecular complexity index is 1390. The van der Waals surface area contributed by atoms with Gasteiger partial charge in [0.15, 0.2) is 0 Å². The Balaban J connectivity index is 1.25. The monoisotopic (exact) mass is 477 g/mol. The largest absolute Gasteiger partial charge is 0.438 e. The number of benzene rings is 2. The van der Waals surface area contributed by atoms with Gasteiger partial charge in [0.05, 0.1) is 17.1 Å². The highest BCUT2D eigenvalue weighted by atomic mass is 35.5. The van der Waals surface area contributed by atoms with E-state index in [-0.39, 0.29) is 0 Å². The van der Waals surface area contributed by atoms with Crippen LogP contribution in [0, 0.1) is 11.2 Å². The van der Waals surface area contributed by atoms with Gasteiger partial charge in [-0.05, 0) is 67.4 Å². The quantitative estimate of drug-likeness (QED) is 0.300. The first kappa shape index (κ1) is 21.7. The van der Waals surface area contributed by atoms with Crippen LogP contribution in [-0.4, -0.2) is 26.8 Å². The fourth-order valence-electron chi connectivity index (χ4n) is 3.43. The number of carbonyl (C=O) groups excluding carboxylic acids is 2. The van der Waals surface area contributed by atoms with Gasteiger partial charge in [-0.2, -0.15) is 0 Å². The number of hydrogen-bond acceptors (Lipinski definition) is 6. The Morgan fingerprint density at radius 3 is 2.15 bits per heavy atom. The second kappa shape index (κ2) is 8.68. The Morgan fingerprint density at radius 2 is 1.53 bits per heavy atom. The third-order valence-corrected chi connectivity index (χ3v) is 5.71. The first-order valence-corrected chi connectivity index (χ1v) is 10.7. The summed E-state index contributed by atoms with van der Waals surface area (Å²) < 4.78 is 18.9. The van der Waals surface area contributed by atoms with E-state index in [1.165, 1.54) is 36.8 Å². The number of pyridine rings is 1. The molecule has 2 aromatic heterocycles. The third-order valence-electron chi connectivity index (χ3n) is 5.50. The predicted octanol–water partition coefficient (Wildman–Crippen LogP) is 4.97. The molecule has 0 radical (unpaired) electrons. The summed E-state index contributed by atoms with van der Waals surface area (Å²) in [4.78, 5) is 37.8. The number of halogens is 2. The summed E-state index contributed by atoms with van der Waals surface area (Å²) in [6.07, 6.45) is 3.77. The van der Waals surface area contributed by atoms with Gasteiger partial charge in [0.1, 0.15) is 28.5 Å². The first-order chi connectivity index (χ1) is 16.4. The van der Waals surface area contributed by atoms with E-state index in [2.05, 4.69) is 25.6 Å². The normalized spacial score (nSPS) is 13.8. The predicted molar refractivity (Wildman–Crippen MR) is 124 cm³/mol. The molecule has 0 unspecified atom stereocenters. The Morgan fingerprint density at radius 1 is 0.912 bits per heavy atom. The van der Waals surface area contributed by atoms with Crippen LogP contribution in [0.5, 0.6) is 11.6 Å². The minimum Gasteiger partial charge on any atom is -0.438 e. The Kier molecular flexibility index (Phi) is 5.54. The van der Waals surface area contributed by atoms with Crippen molar-refractivity contribution in [1.82, 2.24) is 15.0 Å². The van der Waals surface area contributed by atoms with E-state index in [1.807, 2.05) is 0 Å². The van der Waals surface area contributed by atoms with Crippen LogP contribution >= 0.6 is 11.6 Å². The van der Waals surface area contributed by atoms with Crippen molar-refractivity contribution in [2.45, 2.75) is 12.8 Å². The number of aromatic nitrogens is 3. The smallest absolute Gasteiger partial charge is 0.240 e. The molecule has 2 heterocycles. The SMILES string of the molecule is O=C(Nc1ccc(F)cc1)C1(C(=O)Nc2ccc(Oc3ncnc4cnc(Cl)cc34)cc2)CC1. The van der Waals surface area contributed by atoms with Crippen molar-refractivity contribution >= 4 is 45.7 Å². The maximum absolute atomic E-state index is 13.1. The standard InChI is InChI=1S/C24H17ClFN5O3/c25-20-11-18-19(12-27-20)28-13-29-21(18)34-17-7-5-16(6-8-17)31-23(33)24(9-10-24)22(32)30-15-3-1-14(26)2-4-15/h1-8,11-13H,9-10H2,(H,30,32)(H,31,33). The molecule has 0 spiro atoms. The van der Waals surface area contributed by atoms with E-state index in [1.54, 1.807) is 30.3 Å². The van der Waals surface area contributed by atoms with Crippen molar-refractivity contribution in [3.8, 4) is 11.6 Å². The summed E-state index contributed by atoms with van der Waals surface area (Å²) >= 11 is 5.97. The van der Waals surface area contributed by atoms with Gasteiger partial charge in [-0.1, -0.05) is 11.6 Å². The van der Waals surface area contributed by atoms with Crippen molar-refractivity contribution in [3.63, 3.8) is 0 Å². The maximum atomic E-state index is 13.1. The lowest BCUT2D eigenvalue weighted by atomic mass is 10.0. The number of anilines is 2. The summed E-state index contributed by atoms with van der Waals surface area (Å²) in [6, 6.07) is 13.7. The van der Waals surface area contributed by atoms with Gasteiger partial charge in [0, 0.05) is 11.4 Å². The van der Waals surface area contributed by atoms with Gasteiger partial charge in [0.25, 0.3) is 0 Å². The molecule has 10 heteroatoms. The number of nitrogens with zero attached hydrogens (tertiary/aromatic N) is 3. The lowest BCUT2D eigenvalue weighted by Crippen LogP contribution is -2.35. The maximum Gasteiger partial charge on any atom is 0.240 e. The molecule has 5 rings (SSSR count). The molecular weight excluding hydrogens is 461 g/mol. The molecule has 1 saturated carbocycles. The summed E-state index contributed by atoms with van der Waals surface area (Å²) in [5, 5.41) is 6.37. The van der Waals surface area contributed by atoms with Gasteiger partial charge < -0.3 is 15.4 Å². The molecule has 1 aliphatic carbocycles. The zero-order chi connectivity index (χ0) is 23.7. The average Bonchev–Trinajstić information content (AvgIpc) is 3.65. The number of amides is 2. The van der Waals surface area contributed by atoms with E-state index in [4.69, 9.17) is 16.3 Å². The summed E-state index contributed by atoms with van der Waals surface area (Å²) in [5.74, 6) is -0.412. The van der Waals surface area contributed by atoms with E-state index < -0.39 is 23.0 Å². The molecule has 0 bridgehead atoms. The molecule has 0 atom stereocenters. The zero-order valence-corrected chi connectivity index (χ0v) is 18.3. The fraction of sp³-hybridized carbons (Fsp3) is 0.125. The van der Waals surface area contributed by atoms with Crippen molar-refractivity contribution in [1.29, 1.82) is 0 Å². The molecule has 8 nitrogen and oxygen atoms in total. The van der Waals surface area contributed by atoms with Crippen LogP contribution < -0.4 is 15.4 Å². The van der Waals surface area contributed by atoms with Gasteiger partial charge in [-0.25, -0.2) is 19.3 Å². The van der Waals surface area contributed by atoms with Crippen LogP contribution in [0.2, 0.25) is 5.15 Å². The minimum absolute atomic E-state index is 0.294. The van der Waals surface area contributed by atoms with Crippen LogP contribution in [0.15, 0.2) is 67.1 Å². The molecule has 4 aromatic rings. The Labute approximate surface area is 198 Å². The van der Waals surface area contributed by atoms with Crippen LogP contribution in [0.3, 0.4) is 0 Å². The highest BCUT2D eigenvalue weighted by Gasteiger charge is 2.56. The number of rotatable bonds is 6. The highest BCUT2D eigenvalue weighted by molar-refractivity contribution is 6.30. The van der Waals surface area contributed by atoms with Gasteiger partial charge in [-0.15, -0.1) is 0 Å². The number of hydrogen-bond donors (Lipinski definition) is 2. The number of fused-ring (bicyclic) bond motifs is 1. The third kappa shape index (κ3) is 4.38. The second-order valence-corrected chi connectivity index (χ2v) is 8.21. The van der Waals surface area contributed by atoms with E-state index >= 15 is 0 Å². The number of carbonyl (C=O) groups is 2. The molecule has 2 amide bonds. The van der Waals surface area contributed by atoms with Crippen LogP contribution in [0.4, 0.5) is 15.8 Å². The molecule has 170 valence electrons. The van der Waals surface area contributed by atoms with Crippen molar-refractivity contribution in [2.24, 2.45) is 5.41 Å². The number of nitrogens with one attached hydrogen (secondary N) is 2. The van der Waals surface area contributed by atoms with Crippen molar-refractivity contribution < 1.29 is 18.7 Å². The van der Waals surface area contributed by atoms with Crippen LogP contribution in [-0.2, 0) is 9.59 Å². The molecule has 2 aromatic carbocycles. The van der Waals surface area contributed by atoms with Crippen LogP contribution in [0.25, 0.3) is 10.9 Å². The topological polar surface area (TPSA) is 106 Å². The lowest BCUT2D eigenvalue weighted by molar-refractivity contribution is -0.131. The van der Waals surface area contributed by atoms with Crippen molar-refractivity contribution in [2.75, 3.05) is 10.6 Å². The molecular formula is C24H17ClFN5O3. The zero-order valence-electron chi connectivity index (χ0n) is 17.6. The molecule has 0 saturated heterocycles. The highest BCUT2D eigenvalue weighted by Crippen LogP contribution is 2.47. The first-order valence-electron chi connectivity index (χ1n) is 10.4. The van der Waals surface area contributed by atoms with E-state index in [0.29, 0.717) is 51.9 Å². The molecule has 1 fully saturated rings. The van der Waals surface area contributed by atoms with E-state index in [9.17, 15) is 14.0 Å². The van der Waals surface area contributed by atoms with E-state index in [0.717, 1.165) is 0 Å². The van der Waals surface area contributed by atoms with Crippen LogP contribution in [0.1, 0.15) is 12.8 Å². The summed E-state index contributed by atoms with van der Waals surface area (Å²) in [7, 11) is 0. The second-order valence-electron chi connectivity index (χ2n) is 7.83. The van der Waals surface area contributed by atoms with Gasteiger partial charge in [-0.3, -0.25) is 9.59 Å². The van der Waals surface area contributed by atoms with Gasteiger partial charge >= 0.3 is 0 Å². The molecule has 0 aliphatic heterocycles. The van der Waals surface area contributed by atoms with Crippen molar-refractivity contribution in [3.05, 3.63) is 78.1 Å². The summed E-state index contributed by atoms with van der Waals surface area (Å²) in [6.45, 7) is 0. The van der Waals surface area contributed by atoms with Gasteiger partial charge in [0.2, 0.25) is 17.7 Å². The average molecular weight is 478 g/mol. The molecule has 1 aliphatic rings. The molecule has 34 heavy (non-hydrogen) atoms. The lowest BCUT2D eigenvalue weighted by Gasteiger charge is -2.16. The molecule has 2 N–H and O–H groups in total. The fourth-order valence-corrected chi connectivity index (χ4v) is 3.58. The summed E-state index contributed by atoms with van der Waals surface area (Å²) in [5.41, 5.74) is 0.391. The Hall–Kier alpha value is -4.11. The number of ether oxygens (including phenoxy) is 1.